The minimum absolute atomic E-state index is 0.0334. The molecule has 13 nitrogen and oxygen atoms in total. The second-order valence-corrected chi connectivity index (χ2v) is 17.9. The molecule has 14 heteroatoms. The van der Waals surface area contributed by atoms with Crippen LogP contribution in [0.3, 0.4) is 0 Å². The molecule has 292 valence electrons. The summed E-state index contributed by atoms with van der Waals surface area (Å²) in [5.41, 5.74) is 3.11. The maximum Gasteiger partial charge on any atom is 0.318 e. The Morgan fingerprint density at radius 2 is 1.51 bits per heavy atom. The Balaban J connectivity index is 1.08. The minimum atomic E-state index is -3.87. The van der Waals surface area contributed by atoms with Crippen molar-refractivity contribution in [1.29, 1.82) is 0 Å². The van der Waals surface area contributed by atoms with Gasteiger partial charge in [0, 0.05) is 36.6 Å². The van der Waals surface area contributed by atoms with E-state index in [4.69, 9.17) is 4.84 Å². The number of hydrogen-bond donors (Lipinski definition) is 3. The summed E-state index contributed by atoms with van der Waals surface area (Å²) >= 11 is 0. The Hall–Kier alpha value is -4.72. The van der Waals surface area contributed by atoms with Crippen molar-refractivity contribution in [3.63, 3.8) is 0 Å². The summed E-state index contributed by atoms with van der Waals surface area (Å²) in [6, 6.07) is 13.7. The molecule has 3 N–H and O–H groups in total. The highest BCUT2D eigenvalue weighted by Crippen LogP contribution is 2.46. The highest BCUT2D eigenvalue weighted by Gasteiger charge is 2.62. The Morgan fingerprint density at radius 3 is 2.18 bits per heavy atom. The van der Waals surface area contributed by atoms with E-state index in [-0.39, 0.29) is 25.4 Å². The molecule has 2 saturated carbocycles. The van der Waals surface area contributed by atoms with E-state index in [2.05, 4.69) is 20.5 Å². The smallest absolute Gasteiger partial charge is 0.318 e. The van der Waals surface area contributed by atoms with Crippen molar-refractivity contribution in [2.75, 3.05) is 19.6 Å². The molecule has 6 aliphatic rings. The SMILES string of the molecule is O=C1NC2(C(=O)NS(=O)(=O)C3CC3)CC2/C=C\CCCCC[C@H](NC(=O)N2CCCCCC2)C(=O)N2C[C@H](ON=C3c4ccccc4-c4ccccc43)C[C@@H]12. The predicted molar refractivity (Wildman–Crippen MR) is 206 cm³/mol. The number of nitrogens with one attached hydrogen (secondary N) is 3. The Bertz CT molecular complexity index is 1960. The minimum Gasteiger partial charge on any atom is -0.390 e. The number of sulfonamides is 1. The van der Waals surface area contributed by atoms with E-state index in [1.807, 2.05) is 60.7 Å². The van der Waals surface area contributed by atoms with Crippen LogP contribution in [0.1, 0.15) is 94.6 Å². The molecule has 0 radical (unpaired) electrons. The van der Waals surface area contributed by atoms with Crippen LogP contribution in [0.2, 0.25) is 0 Å². The van der Waals surface area contributed by atoms with Crippen molar-refractivity contribution >= 4 is 39.5 Å². The molecule has 2 saturated heterocycles. The number of oxime groups is 1. The molecule has 3 aliphatic heterocycles. The number of rotatable bonds is 6. The number of carbonyl (C=O) groups excluding carboxylic acids is 4. The highest BCUT2D eigenvalue weighted by atomic mass is 32.2. The fourth-order valence-corrected chi connectivity index (χ4v) is 9.94. The van der Waals surface area contributed by atoms with E-state index in [0.717, 1.165) is 67.2 Å². The molecule has 0 spiro atoms. The van der Waals surface area contributed by atoms with E-state index in [1.54, 1.807) is 4.90 Å². The van der Waals surface area contributed by atoms with Crippen molar-refractivity contribution in [2.24, 2.45) is 11.1 Å². The molecule has 0 bridgehead atoms. The Morgan fingerprint density at radius 1 is 0.855 bits per heavy atom. The highest BCUT2D eigenvalue weighted by molar-refractivity contribution is 7.91. The van der Waals surface area contributed by atoms with Gasteiger partial charge in [0.15, 0.2) is 0 Å². The third kappa shape index (κ3) is 7.74. The number of allylic oxidation sites excluding steroid dienone is 1. The molecule has 3 aliphatic carbocycles. The standard InChI is InChI=1S/C41H50N6O7S/c48-37-35-24-28(54-44-36-32-17-10-8-15-30(32)31-16-9-11-18-33(31)36)26-47(35)38(49)34(42-40(51)46-22-12-4-5-13-23-46)19-7-3-1-2-6-14-27-25-41(27,43-37)39(50)45-55(52,53)29-20-21-29/h6,8-11,14-18,27-29,34-35H,1-5,7,12-13,19-26H2,(H,42,51)(H,43,48)(H,45,50)/b14-6-/t27?,28-,34+,35+,41?/m1/s1. The van der Waals surface area contributed by atoms with Crippen LogP contribution < -0.4 is 15.4 Å². The lowest BCUT2D eigenvalue weighted by Crippen LogP contribution is -2.59. The maximum atomic E-state index is 14.7. The molecule has 55 heavy (non-hydrogen) atoms. The molecule has 5 amide bonds. The predicted octanol–water partition coefficient (Wildman–Crippen LogP) is 4.36. The lowest BCUT2D eigenvalue weighted by atomic mass is 10.0. The van der Waals surface area contributed by atoms with Crippen molar-refractivity contribution in [2.45, 2.75) is 112 Å². The van der Waals surface area contributed by atoms with E-state index < -0.39 is 62.6 Å². The number of likely N-dealkylation sites (tertiary alicyclic amines) is 1. The van der Waals surface area contributed by atoms with Crippen LogP contribution >= 0.6 is 0 Å². The summed E-state index contributed by atoms with van der Waals surface area (Å²) < 4.78 is 28.0. The average molecular weight is 771 g/mol. The van der Waals surface area contributed by atoms with Crippen LogP contribution in [0.15, 0.2) is 65.8 Å². The fourth-order valence-electron chi connectivity index (χ4n) is 8.57. The zero-order valence-corrected chi connectivity index (χ0v) is 31.9. The first-order chi connectivity index (χ1) is 26.6. The van der Waals surface area contributed by atoms with Gasteiger partial charge in [0.1, 0.15) is 29.4 Å². The van der Waals surface area contributed by atoms with Crippen molar-refractivity contribution in [3.8, 4) is 11.1 Å². The Kier molecular flexibility index (Phi) is 10.4. The van der Waals surface area contributed by atoms with Crippen molar-refractivity contribution in [3.05, 3.63) is 71.8 Å². The van der Waals surface area contributed by atoms with Gasteiger partial charge in [-0.05, 0) is 62.5 Å². The summed E-state index contributed by atoms with van der Waals surface area (Å²) in [5.74, 6) is -2.13. The summed E-state index contributed by atoms with van der Waals surface area (Å²) in [7, 11) is -3.87. The van der Waals surface area contributed by atoms with Crippen LogP contribution in [-0.4, -0.2) is 96.3 Å². The molecule has 4 fully saturated rings. The number of benzene rings is 2. The zero-order valence-electron chi connectivity index (χ0n) is 31.1. The van der Waals surface area contributed by atoms with Gasteiger partial charge >= 0.3 is 6.03 Å². The van der Waals surface area contributed by atoms with Crippen LogP contribution in [-0.2, 0) is 29.2 Å². The molecule has 3 heterocycles. The van der Waals surface area contributed by atoms with Crippen LogP contribution in [0.5, 0.6) is 0 Å². The maximum absolute atomic E-state index is 14.7. The van der Waals surface area contributed by atoms with E-state index in [1.165, 1.54) is 4.90 Å². The number of carbonyl (C=O) groups is 4. The lowest BCUT2D eigenvalue weighted by Gasteiger charge is -2.31. The number of urea groups is 1. The fraction of sp³-hybridized carbons (Fsp3) is 0.537. The molecule has 8 rings (SSSR count). The van der Waals surface area contributed by atoms with Gasteiger partial charge in [-0.1, -0.05) is 91.5 Å². The van der Waals surface area contributed by atoms with Crippen LogP contribution in [0.4, 0.5) is 4.79 Å². The van der Waals surface area contributed by atoms with Gasteiger partial charge in [-0.3, -0.25) is 19.1 Å². The number of hydrogen-bond acceptors (Lipinski definition) is 8. The number of nitrogens with zero attached hydrogens (tertiary/aromatic N) is 3. The van der Waals surface area contributed by atoms with Gasteiger partial charge in [-0.2, -0.15) is 0 Å². The second kappa shape index (κ2) is 15.4. The molecule has 2 aromatic rings. The number of fused-ring (bicyclic) bond motifs is 5. The number of amides is 5. The topological polar surface area (TPSA) is 167 Å². The molecule has 2 unspecified atom stereocenters. The summed E-state index contributed by atoms with van der Waals surface area (Å²) in [5, 5.41) is 9.99. The zero-order chi connectivity index (χ0) is 38.2. The van der Waals surface area contributed by atoms with Crippen molar-refractivity contribution in [1.82, 2.24) is 25.2 Å². The Labute approximate surface area is 322 Å². The quantitative estimate of drug-likeness (QED) is 0.248. The van der Waals surface area contributed by atoms with E-state index >= 15 is 0 Å². The van der Waals surface area contributed by atoms with Gasteiger partial charge in [-0.15, -0.1) is 0 Å². The molecule has 2 aromatic carbocycles. The van der Waals surface area contributed by atoms with Gasteiger partial charge in [0.2, 0.25) is 21.8 Å². The monoisotopic (exact) mass is 770 g/mol. The van der Waals surface area contributed by atoms with Gasteiger partial charge in [0.05, 0.1) is 11.8 Å². The van der Waals surface area contributed by atoms with Gasteiger partial charge in [0.25, 0.3) is 5.91 Å². The third-order valence-electron chi connectivity index (χ3n) is 12.0. The van der Waals surface area contributed by atoms with E-state index in [0.29, 0.717) is 44.5 Å². The molecular formula is C41H50N6O7S. The van der Waals surface area contributed by atoms with E-state index in [9.17, 15) is 27.6 Å². The normalized spacial score (nSPS) is 28.8. The van der Waals surface area contributed by atoms with Crippen molar-refractivity contribution < 1.29 is 32.4 Å². The molecule has 0 aromatic heterocycles. The first-order valence-electron chi connectivity index (χ1n) is 20.0. The molecule has 5 atom stereocenters. The van der Waals surface area contributed by atoms with Crippen LogP contribution in [0, 0.1) is 5.92 Å². The summed E-state index contributed by atoms with van der Waals surface area (Å²) in [6.07, 6.45) is 11.9. The average Bonchev–Trinajstić information content (AvgIpc) is 4.10. The van der Waals surface area contributed by atoms with Gasteiger partial charge in [-0.25, -0.2) is 13.2 Å². The van der Waals surface area contributed by atoms with Gasteiger partial charge < -0.3 is 25.3 Å². The third-order valence-corrected chi connectivity index (χ3v) is 13.8. The second-order valence-electron chi connectivity index (χ2n) is 15.9. The van der Waals surface area contributed by atoms with Crippen LogP contribution in [0.25, 0.3) is 11.1 Å². The lowest BCUT2D eigenvalue weighted by molar-refractivity contribution is -0.141. The summed E-state index contributed by atoms with van der Waals surface area (Å²) in [4.78, 5) is 65.9. The molecular weight excluding hydrogens is 721 g/mol. The summed E-state index contributed by atoms with van der Waals surface area (Å²) in [6.45, 7) is 1.28. The first-order valence-corrected chi connectivity index (χ1v) is 21.5. The largest absolute Gasteiger partial charge is 0.390 e. The first kappa shape index (κ1) is 37.2.